The Morgan fingerprint density at radius 2 is 1.67 bits per heavy atom. The number of hydrogen-bond acceptors (Lipinski definition) is 2. The van der Waals surface area contributed by atoms with Crippen LogP contribution >= 0.6 is 15.9 Å². The first-order valence-corrected chi connectivity index (χ1v) is 6.62. The van der Waals surface area contributed by atoms with Crippen LogP contribution in [0, 0.1) is 0 Å². The topological polar surface area (TPSA) is 38.3 Å². The highest BCUT2D eigenvalue weighted by atomic mass is 79.9. The summed E-state index contributed by atoms with van der Waals surface area (Å²) in [5.41, 5.74) is -0.216. The molecular formula is C14H20BrNO2. The number of halogens is 1. The number of hydrogen-bond donors (Lipinski definition) is 1. The standard InChI is InChI=1S/C14H20BrNO2/c1-13(2,10-6-8-11(15)9-7-10)16-12(17)14(3,4)18-5/h6-9H,1-5H3,(H,16,17). The molecule has 0 aliphatic heterocycles. The van der Waals surface area contributed by atoms with Gasteiger partial charge in [0, 0.05) is 11.6 Å². The van der Waals surface area contributed by atoms with Crippen LogP contribution in [0.4, 0.5) is 0 Å². The molecule has 0 aliphatic rings. The number of rotatable bonds is 4. The molecule has 0 aliphatic carbocycles. The molecule has 0 radical (unpaired) electrons. The second kappa shape index (κ2) is 5.41. The summed E-state index contributed by atoms with van der Waals surface area (Å²) in [6.45, 7) is 7.44. The number of benzene rings is 1. The summed E-state index contributed by atoms with van der Waals surface area (Å²) in [7, 11) is 1.53. The SMILES string of the molecule is COC(C)(C)C(=O)NC(C)(C)c1ccc(Br)cc1. The van der Waals surface area contributed by atoms with Gasteiger partial charge >= 0.3 is 0 Å². The van der Waals surface area contributed by atoms with Crippen LogP contribution in [0.25, 0.3) is 0 Å². The average molecular weight is 314 g/mol. The van der Waals surface area contributed by atoms with Crippen molar-refractivity contribution in [3.63, 3.8) is 0 Å². The predicted octanol–water partition coefficient (Wildman–Crippen LogP) is 3.23. The van der Waals surface area contributed by atoms with Gasteiger partial charge in [0.25, 0.3) is 5.91 Å². The van der Waals surface area contributed by atoms with Crippen molar-refractivity contribution in [2.24, 2.45) is 0 Å². The smallest absolute Gasteiger partial charge is 0.252 e. The van der Waals surface area contributed by atoms with E-state index >= 15 is 0 Å². The van der Waals surface area contributed by atoms with E-state index in [-0.39, 0.29) is 5.91 Å². The lowest BCUT2D eigenvalue weighted by Crippen LogP contribution is -2.50. The minimum absolute atomic E-state index is 0.127. The van der Waals surface area contributed by atoms with E-state index in [9.17, 15) is 4.79 Å². The molecule has 0 bridgehead atoms. The Bertz CT molecular complexity index is 424. The van der Waals surface area contributed by atoms with Gasteiger partial charge in [-0.15, -0.1) is 0 Å². The van der Waals surface area contributed by atoms with Crippen LogP contribution in [0.5, 0.6) is 0 Å². The molecule has 1 amide bonds. The fourth-order valence-corrected chi connectivity index (χ4v) is 1.73. The van der Waals surface area contributed by atoms with Crippen molar-refractivity contribution < 1.29 is 9.53 Å². The average Bonchev–Trinajstić information content (AvgIpc) is 2.29. The van der Waals surface area contributed by atoms with Gasteiger partial charge in [0.05, 0.1) is 5.54 Å². The zero-order chi connectivity index (χ0) is 14.0. The van der Waals surface area contributed by atoms with Crippen molar-refractivity contribution in [3.05, 3.63) is 34.3 Å². The highest BCUT2D eigenvalue weighted by Crippen LogP contribution is 2.23. The lowest BCUT2D eigenvalue weighted by molar-refractivity contribution is -0.141. The molecule has 0 unspecified atom stereocenters. The van der Waals surface area contributed by atoms with Gasteiger partial charge in [-0.1, -0.05) is 28.1 Å². The molecule has 0 saturated carbocycles. The van der Waals surface area contributed by atoms with E-state index in [2.05, 4.69) is 21.2 Å². The van der Waals surface area contributed by atoms with Crippen LogP contribution in [-0.2, 0) is 15.1 Å². The zero-order valence-corrected chi connectivity index (χ0v) is 13.1. The van der Waals surface area contributed by atoms with Crippen molar-refractivity contribution in [2.75, 3.05) is 7.11 Å². The monoisotopic (exact) mass is 313 g/mol. The second-order valence-electron chi connectivity index (χ2n) is 5.30. The molecule has 0 saturated heterocycles. The lowest BCUT2D eigenvalue weighted by Gasteiger charge is -2.31. The Morgan fingerprint density at radius 1 is 1.17 bits per heavy atom. The van der Waals surface area contributed by atoms with Crippen molar-refractivity contribution in [1.29, 1.82) is 0 Å². The lowest BCUT2D eigenvalue weighted by atomic mass is 9.93. The van der Waals surface area contributed by atoms with Crippen LogP contribution in [-0.4, -0.2) is 18.6 Å². The minimum Gasteiger partial charge on any atom is -0.369 e. The predicted molar refractivity (Wildman–Crippen MR) is 76.4 cm³/mol. The minimum atomic E-state index is -0.827. The number of carbonyl (C=O) groups excluding carboxylic acids is 1. The largest absolute Gasteiger partial charge is 0.369 e. The molecule has 0 aromatic heterocycles. The van der Waals surface area contributed by atoms with Gasteiger partial charge in [-0.25, -0.2) is 0 Å². The van der Waals surface area contributed by atoms with Crippen LogP contribution < -0.4 is 5.32 Å². The molecule has 1 N–H and O–H groups in total. The zero-order valence-electron chi connectivity index (χ0n) is 11.5. The third kappa shape index (κ3) is 3.56. The van der Waals surface area contributed by atoms with Crippen molar-refractivity contribution >= 4 is 21.8 Å². The molecule has 1 aromatic rings. The maximum absolute atomic E-state index is 12.1. The van der Waals surface area contributed by atoms with Gasteiger partial charge < -0.3 is 10.1 Å². The van der Waals surface area contributed by atoms with Gasteiger partial charge in [-0.05, 0) is 45.4 Å². The highest BCUT2D eigenvalue weighted by molar-refractivity contribution is 9.10. The Balaban J connectivity index is 2.88. The third-order valence-electron chi connectivity index (χ3n) is 3.05. The molecule has 4 heteroatoms. The van der Waals surface area contributed by atoms with Crippen molar-refractivity contribution in [3.8, 4) is 0 Å². The van der Waals surface area contributed by atoms with E-state index in [1.54, 1.807) is 13.8 Å². The fraction of sp³-hybridized carbons (Fsp3) is 0.500. The Hall–Kier alpha value is -0.870. The molecule has 3 nitrogen and oxygen atoms in total. The highest BCUT2D eigenvalue weighted by Gasteiger charge is 2.32. The Labute approximate surface area is 117 Å². The van der Waals surface area contributed by atoms with E-state index in [4.69, 9.17) is 4.74 Å². The molecule has 0 atom stereocenters. The summed E-state index contributed by atoms with van der Waals surface area (Å²) in [5, 5.41) is 3.00. The first kappa shape index (κ1) is 15.2. The van der Waals surface area contributed by atoms with E-state index in [1.165, 1.54) is 7.11 Å². The van der Waals surface area contributed by atoms with E-state index in [1.807, 2.05) is 38.1 Å². The molecule has 0 heterocycles. The number of amides is 1. The van der Waals surface area contributed by atoms with Crippen molar-refractivity contribution in [2.45, 2.75) is 38.8 Å². The normalized spacial score (nSPS) is 12.3. The summed E-state index contributed by atoms with van der Waals surface area (Å²) in [6, 6.07) is 7.91. The molecule has 18 heavy (non-hydrogen) atoms. The summed E-state index contributed by atoms with van der Waals surface area (Å²) in [4.78, 5) is 12.1. The molecule has 100 valence electrons. The van der Waals surface area contributed by atoms with E-state index in [0.717, 1.165) is 10.0 Å². The molecule has 1 aromatic carbocycles. The summed E-state index contributed by atoms with van der Waals surface area (Å²) >= 11 is 3.40. The quantitative estimate of drug-likeness (QED) is 0.926. The van der Waals surface area contributed by atoms with Crippen molar-refractivity contribution in [1.82, 2.24) is 5.32 Å². The maximum Gasteiger partial charge on any atom is 0.252 e. The van der Waals surface area contributed by atoms with Crippen LogP contribution in [0.3, 0.4) is 0 Å². The number of carbonyl (C=O) groups is 1. The first-order valence-electron chi connectivity index (χ1n) is 5.83. The molecule has 1 rings (SSSR count). The maximum atomic E-state index is 12.1. The second-order valence-corrected chi connectivity index (χ2v) is 6.22. The van der Waals surface area contributed by atoms with E-state index in [0.29, 0.717) is 0 Å². The van der Waals surface area contributed by atoms with Gasteiger partial charge in [-0.3, -0.25) is 4.79 Å². The summed E-state index contributed by atoms with van der Waals surface area (Å²) in [6.07, 6.45) is 0. The van der Waals surface area contributed by atoms with Crippen LogP contribution in [0.2, 0.25) is 0 Å². The van der Waals surface area contributed by atoms with Crippen LogP contribution in [0.15, 0.2) is 28.7 Å². The van der Waals surface area contributed by atoms with E-state index < -0.39 is 11.1 Å². The Morgan fingerprint density at radius 3 is 2.11 bits per heavy atom. The molecular weight excluding hydrogens is 294 g/mol. The first-order chi connectivity index (χ1) is 8.19. The van der Waals surface area contributed by atoms with Gasteiger partial charge in [0.15, 0.2) is 0 Å². The fourth-order valence-electron chi connectivity index (χ4n) is 1.47. The number of ether oxygens (including phenoxy) is 1. The number of methoxy groups -OCH3 is 1. The van der Waals surface area contributed by atoms with Gasteiger partial charge in [0.2, 0.25) is 0 Å². The third-order valence-corrected chi connectivity index (χ3v) is 3.58. The molecule has 0 spiro atoms. The summed E-state index contributed by atoms with van der Waals surface area (Å²) in [5.74, 6) is -0.127. The Kier molecular flexibility index (Phi) is 4.56. The number of nitrogens with one attached hydrogen (secondary N) is 1. The van der Waals surface area contributed by atoms with Crippen LogP contribution in [0.1, 0.15) is 33.3 Å². The van der Waals surface area contributed by atoms with Gasteiger partial charge in [0.1, 0.15) is 5.60 Å². The summed E-state index contributed by atoms with van der Waals surface area (Å²) < 4.78 is 6.20. The molecule has 0 fully saturated rings. The van der Waals surface area contributed by atoms with Gasteiger partial charge in [-0.2, -0.15) is 0 Å².